The summed E-state index contributed by atoms with van der Waals surface area (Å²) in [5, 5.41) is 2.87. The van der Waals surface area contributed by atoms with E-state index in [0.29, 0.717) is 5.15 Å². The van der Waals surface area contributed by atoms with Crippen molar-refractivity contribution in [3.05, 3.63) is 41.2 Å². The molecule has 0 aliphatic rings. The zero-order chi connectivity index (χ0) is 10.4. The quantitative estimate of drug-likeness (QED) is 0.571. The molecule has 0 aliphatic heterocycles. The van der Waals surface area contributed by atoms with Gasteiger partial charge in [-0.2, -0.15) is 0 Å². The van der Waals surface area contributed by atoms with Gasteiger partial charge in [0.1, 0.15) is 5.15 Å². The van der Waals surface area contributed by atoms with Crippen molar-refractivity contribution in [2.24, 2.45) is 0 Å². The first kappa shape index (κ1) is 8.74. The predicted molar refractivity (Wildman–Crippen MR) is 63.3 cm³/mol. The fourth-order valence-corrected chi connectivity index (χ4v) is 2.10. The summed E-state index contributed by atoms with van der Waals surface area (Å²) < 4.78 is 0. The lowest BCUT2D eigenvalue weighted by Crippen LogP contribution is -1.73. The maximum absolute atomic E-state index is 5.89. The summed E-state index contributed by atoms with van der Waals surface area (Å²) in [6.07, 6.45) is 1.77. The van der Waals surface area contributed by atoms with Gasteiger partial charge in [-0.05, 0) is 18.6 Å². The number of aromatic amines is 1. The third-order valence-corrected chi connectivity index (χ3v) is 2.90. The number of halogens is 1. The number of H-pyrrole nitrogens is 1. The number of hydrogen-bond acceptors (Lipinski definition) is 1. The van der Waals surface area contributed by atoms with Crippen LogP contribution >= 0.6 is 11.6 Å². The molecule has 74 valence electrons. The molecule has 0 amide bonds. The third kappa shape index (κ3) is 1.22. The molecule has 15 heavy (non-hydrogen) atoms. The molecule has 2 heterocycles. The van der Waals surface area contributed by atoms with Crippen LogP contribution < -0.4 is 0 Å². The van der Waals surface area contributed by atoms with Crippen LogP contribution in [0.5, 0.6) is 0 Å². The molecule has 0 saturated carbocycles. The lowest BCUT2D eigenvalue weighted by molar-refractivity contribution is 1.34. The molecule has 0 radical (unpaired) electrons. The second-order valence-electron chi connectivity index (χ2n) is 3.68. The number of benzene rings is 1. The van der Waals surface area contributed by atoms with Crippen LogP contribution in [-0.2, 0) is 0 Å². The van der Waals surface area contributed by atoms with E-state index >= 15 is 0 Å². The molecule has 3 aromatic rings. The Labute approximate surface area is 91.9 Å². The SMILES string of the molecule is Cc1cccc2c1[nH]c1cnc(Cl)cc12. The van der Waals surface area contributed by atoms with Crippen LogP contribution in [-0.4, -0.2) is 9.97 Å². The molecule has 0 unspecified atom stereocenters. The van der Waals surface area contributed by atoms with Gasteiger partial charge < -0.3 is 4.98 Å². The van der Waals surface area contributed by atoms with Gasteiger partial charge in [-0.1, -0.05) is 29.8 Å². The lowest BCUT2D eigenvalue weighted by Gasteiger charge is -1.94. The highest BCUT2D eigenvalue weighted by molar-refractivity contribution is 6.30. The molecule has 1 aromatic carbocycles. The van der Waals surface area contributed by atoms with Crippen molar-refractivity contribution in [1.82, 2.24) is 9.97 Å². The number of aromatic nitrogens is 2. The third-order valence-electron chi connectivity index (χ3n) is 2.69. The maximum atomic E-state index is 5.89. The smallest absolute Gasteiger partial charge is 0.129 e. The largest absolute Gasteiger partial charge is 0.353 e. The Morgan fingerprint density at radius 3 is 3.00 bits per heavy atom. The van der Waals surface area contributed by atoms with Gasteiger partial charge in [0, 0.05) is 16.3 Å². The van der Waals surface area contributed by atoms with E-state index in [2.05, 4.69) is 35.1 Å². The molecular weight excluding hydrogens is 208 g/mol. The summed E-state index contributed by atoms with van der Waals surface area (Å²) in [6, 6.07) is 8.14. The molecule has 1 N–H and O–H groups in total. The lowest BCUT2D eigenvalue weighted by atomic mass is 10.1. The molecule has 2 nitrogen and oxygen atoms in total. The Hall–Kier alpha value is -1.54. The Balaban J connectivity index is 2.58. The Morgan fingerprint density at radius 1 is 1.27 bits per heavy atom. The van der Waals surface area contributed by atoms with Crippen LogP contribution in [0.4, 0.5) is 0 Å². The van der Waals surface area contributed by atoms with Crippen LogP contribution in [0.25, 0.3) is 21.8 Å². The first-order valence-corrected chi connectivity index (χ1v) is 5.16. The van der Waals surface area contributed by atoms with E-state index in [0.717, 1.165) is 16.4 Å². The van der Waals surface area contributed by atoms with Gasteiger partial charge in [0.05, 0.1) is 11.7 Å². The average Bonchev–Trinajstić information content (AvgIpc) is 2.58. The van der Waals surface area contributed by atoms with Crippen molar-refractivity contribution >= 4 is 33.4 Å². The molecule has 0 atom stereocenters. The van der Waals surface area contributed by atoms with Gasteiger partial charge >= 0.3 is 0 Å². The highest BCUT2D eigenvalue weighted by Crippen LogP contribution is 2.28. The molecule has 0 saturated heterocycles. The van der Waals surface area contributed by atoms with Crippen molar-refractivity contribution in [1.29, 1.82) is 0 Å². The minimum atomic E-state index is 0.532. The van der Waals surface area contributed by atoms with Gasteiger partial charge in [-0.3, -0.25) is 0 Å². The number of nitrogens with zero attached hydrogens (tertiary/aromatic N) is 1. The summed E-state index contributed by atoms with van der Waals surface area (Å²) in [7, 11) is 0. The van der Waals surface area contributed by atoms with Gasteiger partial charge in [-0.15, -0.1) is 0 Å². The molecule has 0 aliphatic carbocycles. The van der Waals surface area contributed by atoms with E-state index in [1.54, 1.807) is 6.20 Å². The highest BCUT2D eigenvalue weighted by atomic mass is 35.5. The fraction of sp³-hybridized carbons (Fsp3) is 0.0833. The first-order chi connectivity index (χ1) is 7.25. The second kappa shape index (κ2) is 2.97. The van der Waals surface area contributed by atoms with Gasteiger partial charge in [0.15, 0.2) is 0 Å². The fourth-order valence-electron chi connectivity index (χ4n) is 1.95. The van der Waals surface area contributed by atoms with Crippen molar-refractivity contribution in [2.75, 3.05) is 0 Å². The monoisotopic (exact) mass is 216 g/mol. The van der Waals surface area contributed by atoms with Crippen LogP contribution in [0.15, 0.2) is 30.5 Å². The maximum Gasteiger partial charge on any atom is 0.129 e. The zero-order valence-corrected chi connectivity index (χ0v) is 8.97. The van der Waals surface area contributed by atoms with Crippen LogP contribution in [0, 0.1) is 6.92 Å². The normalized spacial score (nSPS) is 11.3. The van der Waals surface area contributed by atoms with Crippen LogP contribution in [0.3, 0.4) is 0 Å². The van der Waals surface area contributed by atoms with Gasteiger partial charge in [0.25, 0.3) is 0 Å². The number of para-hydroxylation sites is 1. The number of fused-ring (bicyclic) bond motifs is 3. The van der Waals surface area contributed by atoms with Crippen molar-refractivity contribution in [3.63, 3.8) is 0 Å². The van der Waals surface area contributed by atoms with E-state index in [9.17, 15) is 0 Å². The van der Waals surface area contributed by atoms with Gasteiger partial charge in [0.2, 0.25) is 0 Å². The highest BCUT2D eigenvalue weighted by Gasteiger charge is 2.06. The summed E-state index contributed by atoms with van der Waals surface area (Å²) in [5.74, 6) is 0. The number of pyridine rings is 1. The minimum Gasteiger partial charge on any atom is -0.353 e. The first-order valence-electron chi connectivity index (χ1n) is 4.78. The van der Waals surface area contributed by atoms with Crippen LogP contribution in [0.2, 0.25) is 5.15 Å². The molecular formula is C12H9ClN2. The molecule has 0 bridgehead atoms. The van der Waals surface area contributed by atoms with Crippen molar-refractivity contribution < 1.29 is 0 Å². The number of rotatable bonds is 0. The molecule has 0 spiro atoms. The minimum absolute atomic E-state index is 0.532. The molecule has 0 fully saturated rings. The molecule has 3 heteroatoms. The Morgan fingerprint density at radius 2 is 2.13 bits per heavy atom. The number of nitrogens with one attached hydrogen (secondary N) is 1. The van der Waals surface area contributed by atoms with E-state index in [4.69, 9.17) is 11.6 Å². The Bertz CT molecular complexity index is 655. The predicted octanol–water partition coefficient (Wildman–Crippen LogP) is 3.68. The summed E-state index contributed by atoms with van der Waals surface area (Å²) in [5.41, 5.74) is 3.43. The van der Waals surface area contributed by atoms with E-state index in [-0.39, 0.29) is 0 Å². The summed E-state index contributed by atoms with van der Waals surface area (Å²) >= 11 is 5.89. The van der Waals surface area contributed by atoms with Crippen molar-refractivity contribution in [2.45, 2.75) is 6.92 Å². The molecule has 2 aromatic heterocycles. The van der Waals surface area contributed by atoms with Crippen molar-refractivity contribution in [3.8, 4) is 0 Å². The average molecular weight is 217 g/mol. The number of hydrogen-bond donors (Lipinski definition) is 1. The van der Waals surface area contributed by atoms with E-state index in [1.807, 2.05) is 6.07 Å². The van der Waals surface area contributed by atoms with Crippen LogP contribution in [0.1, 0.15) is 5.56 Å². The topological polar surface area (TPSA) is 28.7 Å². The standard InChI is InChI=1S/C12H9ClN2/c1-7-3-2-4-8-9-5-11(13)14-6-10(9)15-12(7)8/h2-6,15H,1H3. The second-order valence-corrected chi connectivity index (χ2v) is 4.06. The molecule has 3 rings (SSSR count). The summed E-state index contributed by atoms with van der Waals surface area (Å²) in [6.45, 7) is 2.09. The summed E-state index contributed by atoms with van der Waals surface area (Å²) in [4.78, 5) is 7.42. The number of aryl methyl sites for hydroxylation is 1. The van der Waals surface area contributed by atoms with E-state index < -0.39 is 0 Å². The Kier molecular flexibility index (Phi) is 1.73. The van der Waals surface area contributed by atoms with Gasteiger partial charge in [-0.25, -0.2) is 4.98 Å². The van der Waals surface area contributed by atoms with E-state index in [1.165, 1.54) is 10.9 Å². The zero-order valence-electron chi connectivity index (χ0n) is 8.21.